The molecule has 0 saturated heterocycles. The van der Waals surface area contributed by atoms with Gasteiger partial charge in [0.05, 0.1) is 20.8 Å². The van der Waals surface area contributed by atoms with Crippen LogP contribution in [-0.2, 0) is 0 Å². The van der Waals surface area contributed by atoms with Crippen LogP contribution in [0.25, 0.3) is 0 Å². The second-order valence-electron chi connectivity index (χ2n) is 4.59. The van der Waals surface area contributed by atoms with Crippen LogP contribution in [0, 0.1) is 5.41 Å². The lowest BCUT2D eigenvalue weighted by Gasteiger charge is -2.14. The third kappa shape index (κ3) is 1.98. The Kier molecular flexibility index (Phi) is 3.26. The minimum Gasteiger partial charge on any atom is -0.497 e. The molecule has 17 heavy (non-hydrogen) atoms. The van der Waals surface area contributed by atoms with Crippen molar-refractivity contribution in [2.75, 3.05) is 27.4 Å². The maximum Gasteiger partial charge on any atom is 0.122 e. The van der Waals surface area contributed by atoms with E-state index in [4.69, 9.17) is 15.2 Å². The second kappa shape index (κ2) is 4.55. The van der Waals surface area contributed by atoms with Crippen molar-refractivity contribution in [3.63, 3.8) is 0 Å². The lowest BCUT2D eigenvalue weighted by molar-refractivity contribution is 0.211. The summed E-state index contributed by atoms with van der Waals surface area (Å²) in [5.74, 6) is 1.90. The van der Waals surface area contributed by atoms with E-state index < -0.39 is 0 Å². The van der Waals surface area contributed by atoms with E-state index in [1.165, 1.54) is 0 Å². The van der Waals surface area contributed by atoms with Gasteiger partial charge in [-0.1, -0.05) is 0 Å². The van der Waals surface area contributed by atoms with Gasteiger partial charge < -0.3 is 20.3 Å². The Hall–Kier alpha value is -1.26. The Labute approximate surface area is 101 Å². The van der Waals surface area contributed by atoms with E-state index >= 15 is 0 Å². The molecule has 2 rings (SSSR count). The summed E-state index contributed by atoms with van der Waals surface area (Å²) < 4.78 is 10.6. The first-order valence-electron chi connectivity index (χ1n) is 5.73. The van der Waals surface area contributed by atoms with E-state index in [2.05, 4.69) is 0 Å². The second-order valence-corrected chi connectivity index (χ2v) is 4.59. The largest absolute Gasteiger partial charge is 0.497 e. The average Bonchev–Trinajstić information content (AvgIpc) is 3.13. The summed E-state index contributed by atoms with van der Waals surface area (Å²) in [5, 5.41) is 9.43. The van der Waals surface area contributed by atoms with Crippen LogP contribution in [-0.4, -0.2) is 32.5 Å². The van der Waals surface area contributed by atoms with E-state index in [-0.39, 0.29) is 17.9 Å². The van der Waals surface area contributed by atoms with Gasteiger partial charge in [0.25, 0.3) is 0 Å². The van der Waals surface area contributed by atoms with Crippen molar-refractivity contribution in [3.05, 3.63) is 23.8 Å². The molecule has 1 saturated carbocycles. The highest BCUT2D eigenvalue weighted by Crippen LogP contribution is 2.60. The Morgan fingerprint density at radius 2 is 2.18 bits per heavy atom. The molecule has 0 aliphatic heterocycles. The molecule has 1 aliphatic rings. The molecule has 1 fully saturated rings. The summed E-state index contributed by atoms with van der Waals surface area (Å²) in [6, 6.07) is 5.73. The summed E-state index contributed by atoms with van der Waals surface area (Å²) in [7, 11) is 3.29. The molecule has 1 aliphatic carbocycles. The van der Waals surface area contributed by atoms with Crippen molar-refractivity contribution in [1.29, 1.82) is 0 Å². The van der Waals surface area contributed by atoms with Crippen molar-refractivity contribution in [3.8, 4) is 11.5 Å². The number of methoxy groups -OCH3 is 2. The summed E-state index contributed by atoms with van der Waals surface area (Å²) in [6.07, 6.45) is 0.906. The van der Waals surface area contributed by atoms with Crippen molar-refractivity contribution < 1.29 is 14.6 Å². The topological polar surface area (TPSA) is 64.7 Å². The first-order chi connectivity index (χ1) is 8.20. The van der Waals surface area contributed by atoms with Crippen LogP contribution in [0.1, 0.15) is 17.9 Å². The van der Waals surface area contributed by atoms with Crippen LogP contribution < -0.4 is 15.2 Å². The number of aliphatic hydroxyl groups is 1. The molecule has 94 valence electrons. The number of nitrogens with two attached hydrogens (primary N) is 1. The standard InChI is InChI=1S/C13H19NO3/c1-16-9-3-4-12(17-2)10(5-9)11-6-13(11,7-14)8-15/h3-5,11,15H,6-8,14H2,1-2H3/t11-,13+/m1/s1. The van der Waals surface area contributed by atoms with Gasteiger partial charge in [0.2, 0.25) is 0 Å². The van der Waals surface area contributed by atoms with Gasteiger partial charge in [-0.2, -0.15) is 0 Å². The third-order valence-corrected chi connectivity index (χ3v) is 3.72. The monoisotopic (exact) mass is 237 g/mol. The highest BCUT2D eigenvalue weighted by atomic mass is 16.5. The van der Waals surface area contributed by atoms with Gasteiger partial charge in [0, 0.05) is 17.5 Å². The molecule has 0 spiro atoms. The van der Waals surface area contributed by atoms with Gasteiger partial charge in [-0.25, -0.2) is 0 Å². The van der Waals surface area contributed by atoms with Crippen LogP contribution in [0.5, 0.6) is 11.5 Å². The van der Waals surface area contributed by atoms with Crippen LogP contribution in [0.2, 0.25) is 0 Å². The summed E-state index contributed by atoms with van der Waals surface area (Å²) in [6.45, 7) is 0.614. The van der Waals surface area contributed by atoms with Crippen LogP contribution >= 0.6 is 0 Å². The highest BCUT2D eigenvalue weighted by Gasteiger charge is 2.54. The number of ether oxygens (including phenoxy) is 2. The predicted octanol–water partition coefficient (Wildman–Crippen LogP) is 1.13. The zero-order chi connectivity index (χ0) is 12.5. The fourth-order valence-electron chi connectivity index (χ4n) is 2.36. The molecular formula is C13H19NO3. The zero-order valence-electron chi connectivity index (χ0n) is 10.3. The summed E-state index contributed by atoms with van der Waals surface area (Å²) in [4.78, 5) is 0. The van der Waals surface area contributed by atoms with Crippen molar-refractivity contribution in [2.24, 2.45) is 11.1 Å². The minimum absolute atomic E-state index is 0.120. The maximum absolute atomic E-state index is 9.43. The van der Waals surface area contributed by atoms with Gasteiger partial charge >= 0.3 is 0 Å². The molecular weight excluding hydrogens is 218 g/mol. The SMILES string of the molecule is COc1ccc(OC)c([C@H]2C[C@]2(CN)CO)c1. The number of benzene rings is 1. The van der Waals surface area contributed by atoms with Crippen molar-refractivity contribution in [1.82, 2.24) is 0 Å². The van der Waals surface area contributed by atoms with Crippen LogP contribution in [0.15, 0.2) is 18.2 Å². The number of hydrogen-bond donors (Lipinski definition) is 2. The van der Waals surface area contributed by atoms with Gasteiger partial charge in [-0.3, -0.25) is 0 Å². The third-order valence-electron chi connectivity index (χ3n) is 3.72. The van der Waals surface area contributed by atoms with E-state index in [0.717, 1.165) is 23.5 Å². The molecule has 2 atom stereocenters. The van der Waals surface area contributed by atoms with Crippen molar-refractivity contribution in [2.45, 2.75) is 12.3 Å². The fourth-order valence-corrected chi connectivity index (χ4v) is 2.36. The first kappa shape index (κ1) is 12.2. The van der Waals surface area contributed by atoms with Gasteiger partial charge in [0.1, 0.15) is 11.5 Å². The number of rotatable bonds is 5. The molecule has 0 heterocycles. The quantitative estimate of drug-likeness (QED) is 0.805. The van der Waals surface area contributed by atoms with E-state index in [0.29, 0.717) is 6.54 Å². The van der Waals surface area contributed by atoms with E-state index in [1.54, 1.807) is 14.2 Å². The minimum atomic E-state index is -0.167. The maximum atomic E-state index is 9.43. The molecule has 3 N–H and O–H groups in total. The Morgan fingerprint density at radius 1 is 1.41 bits per heavy atom. The Balaban J connectivity index is 2.32. The molecule has 4 heteroatoms. The molecule has 4 nitrogen and oxygen atoms in total. The summed E-state index contributed by atoms with van der Waals surface area (Å²) in [5.41, 5.74) is 6.65. The predicted molar refractivity (Wildman–Crippen MR) is 65.5 cm³/mol. The highest BCUT2D eigenvalue weighted by molar-refractivity contribution is 5.46. The molecule has 0 amide bonds. The molecule has 1 aromatic rings. The lowest BCUT2D eigenvalue weighted by atomic mass is 9.99. The Morgan fingerprint density at radius 3 is 2.65 bits per heavy atom. The molecule has 0 unspecified atom stereocenters. The van der Waals surface area contributed by atoms with Crippen molar-refractivity contribution >= 4 is 0 Å². The van der Waals surface area contributed by atoms with Crippen LogP contribution in [0.4, 0.5) is 0 Å². The first-order valence-corrected chi connectivity index (χ1v) is 5.73. The summed E-state index contributed by atoms with van der Waals surface area (Å²) >= 11 is 0. The average molecular weight is 237 g/mol. The molecule has 1 aromatic carbocycles. The zero-order valence-corrected chi connectivity index (χ0v) is 10.3. The normalized spacial score (nSPS) is 26.7. The lowest BCUT2D eigenvalue weighted by Crippen LogP contribution is -2.21. The van der Waals surface area contributed by atoms with Crippen LogP contribution in [0.3, 0.4) is 0 Å². The smallest absolute Gasteiger partial charge is 0.122 e. The number of aliphatic hydroxyl groups excluding tert-OH is 1. The van der Waals surface area contributed by atoms with E-state index in [1.807, 2.05) is 18.2 Å². The Bertz CT molecular complexity index is 402. The van der Waals surface area contributed by atoms with Gasteiger partial charge in [0.15, 0.2) is 0 Å². The molecule has 0 radical (unpaired) electrons. The molecule has 0 bridgehead atoms. The molecule has 0 aromatic heterocycles. The fraction of sp³-hybridized carbons (Fsp3) is 0.538. The van der Waals surface area contributed by atoms with E-state index in [9.17, 15) is 5.11 Å². The number of hydrogen-bond acceptors (Lipinski definition) is 4. The van der Waals surface area contributed by atoms with Gasteiger partial charge in [-0.05, 0) is 30.5 Å². The van der Waals surface area contributed by atoms with Gasteiger partial charge in [-0.15, -0.1) is 0 Å².